The number of benzene rings is 2. The van der Waals surface area contributed by atoms with E-state index in [0.29, 0.717) is 27.5 Å². The second kappa shape index (κ2) is 3.81. The van der Waals surface area contributed by atoms with Crippen molar-refractivity contribution in [1.82, 2.24) is 0 Å². The summed E-state index contributed by atoms with van der Waals surface area (Å²) in [5, 5.41) is 1.07. The van der Waals surface area contributed by atoms with E-state index in [0.717, 1.165) is 11.8 Å². The summed E-state index contributed by atoms with van der Waals surface area (Å²) >= 11 is 0. The van der Waals surface area contributed by atoms with Gasteiger partial charge in [0.2, 0.25) is 5.43 Å². The second-order valence-electron chi connectivity index (χ2n) is 4.26. The number of carbonyl (C=O) groups is 1. The minimum absolute atomic E-state index is 0.0626. The van der Waals surface area contributed by atoms with Crippen LogP contribution in [0.25, 0.3) is 21.9 Å². The second-order valence-corrected chi connectivity index (χ2v) is 4.26. The van der Waals surface area contributed by atoms with Crippen LogP contribution in [0.15, 0.2) is 45.6 Å². The number of rotatable bonds is 1. The van der Waals surface area contributed by atoms with Gasteiger partial charge in [0.05, 0.1) is 10.8 Å². The van der Waals surface area contributed by atoms with Crippen molar-refractivity contribution in [3.63, 3.8) is 0 Å². The van der Waals surface area contributed by atoms with E-state index in [-0.39, 0.29) is 5.43 Å². The van der Waals surface area contributed by atoms with Crippen LogP contribution in [0.1, 0.15) is 15.9 Å². The van der Waals surface area contributed by atoms with Crippen LogP contribution in [-0.4, -0.2) is 6.29 Å². The molecule has 3 aromatic rings. The van der Waals surface area contributed by atoms with Crippen molar-refractivity contribution in [2.45, 2.75) is 6.92 Å². The van der Waals surface area contributed by atoms with Gasteiger partial charge in [-0.05, 0) is 30.7 Å². The van der Waals surface area contributed by atoms with Gasteiger partial charge in [-0.2, -0.15) is 0 Å². The lowest BCUT2D eigenvalue weighted by Crippen LogP contribution is -2.02. The third-order valence-corrected chi connectivity index (χ3v) is 3.05. The van der Waals surface area contributed by atoms with Crippen molar-refractivity contribution < 1.29 is 9.21 Å². The topological polar surface area (TPSA) is 47.3 Å². The maximum atomic E-state index is 12.3. The smallest absolute Gasteiger partial charge is 0.200 e. The quantitative estimate of drug-likeness (QED) is 0.483. The minimum atomic E-state index is -0.0626. The maximum absolute atomic E-state index is 12.3. The van der Waals surface area contributed by atoms with E-state index in [4.69, 9.17) is 4.42 Å². The summed E-state index contributed by atoms with van der Waals surface area (Å²) in [5.41, 5.74) is 2.37. The van der Waals surface area contributed by atoms with E-state index >= 15 is 0 Å². The monoisotopic (exact) mass is 238 g/mol. The van der Waals surface area contributed by atoms with Gasteiger partial charge >= 0.3 is 0 Å². The number of fused-ring (bicyclic) bond motifs is 2. The lowest BCUT2D eigenvalue weighted by molar-refractivity contribution is 0.112. The van der Waals surface area contributed by atoms with E-state index < -0.39 is 0 Å². The van der Waals surface area contributed by atoms with Crippen molar-refractivity contribution in [1.29, 1.82) is 0 Å². The predicted octanol–water partition coefficient (Wildman–Crippen LogP) is 3.07. The largest absolute Gasteiger partial charge is 0.456 e. The molecule has 1 heterocycles. The van der Waals surface area contributed by atoms with Crippen molar-refractivity contribution in [3.8, 4) is 0 Å². The molecular weight excluding hydrogens is 228 g/mol. The van der Waals surface area contributed by atoms with Crippen LogP contribution >= 0.6 is 0 Å². The Balaban J connectivity index is 2.56. The molecule has 1 aromatic heterocycles. The van der Waals surface area contributed by atoms with E-state index in [1.54, 1.807) is 24.3 Å². The van der Waals surface area contributed by atoms with Gasteiger partial charge in [-0.15, -0.1) is 0 Å². The number of para-hydroxylation sites is 1. The zero-order chi connectivity index (χ0) is 12.7. The highest BCUT2D eigenvalue weighted by Crippen LogP contribution is 2.21. The van der Waals surface area contributed by atoms with Gasteiger partial charge in [-0.25, -0.2) is 0 Å². The van der Waals surface area contributed by atoms with Crippen LogP contribution in [0.3, 0.4) is 0 Å². The van der Waals surface area contributed by atoms with Crippen molar-refractivity contribution in [2.75, 3.05) is 0 Å². The molecule has 0 spiro atoms. The average molecular weight is 238 g/mol. The lowest BCUT2D eigenvalue weighted by Gasteiger charge is -2.03. The van der Waals surface area contributed by atoms with Gasteiger partial charge in [0.25, 0.3) is 0 Å². The SMILES string of the molecule is Cc1cccc2c(=O)c3ccc(C=O)cc3oc12. The Morgan fingerprint density at radius 3 is 2.72 bits per heavy atom. The number of hydrogen-bond donors (Lipinski definition) is 0. The highest BCUT2D eigenvalue weighted by molar-refractivity contribution is 5.93. The summed E-state index contributed by atoms with van der Waals surface area (Å²) in [7, 11) is 0. The number of hydrogen-bond acceptors (Lipinski definition) is 3. The summed E-state index contributed by atoms with van der Waals surface area (Å²) in [4.78, 5) is 23.0. The molecule has 0 radical (unpaired) electrons. The molecule has 3 rings (SSSR count). The van der Waals surface area contributed by atoms with Gasteiger partial charge in [0.15, 0.2) is 0 Å². The molecular formula is C15H10O3. The Hall–Kier alpha value is -2.42. The molecule has 0 aliphatic rings. The van der Waals surface area contributed by atoms with E-state index in [1.165, 1.54) is 0 Å². The Bertz CT molecular complexity index is 828. The van der Waals surface area contributed by atoms with Crippen LogP contribution in [0.2, 0.25) is 0 Å². The van der Waals surface area contributed by atoms with Gasteiger partial charge in [-0.3, -0.25) is 9.59 Å². The van der Waals surface area contributed by atoms with E-state index in [9.17, 15) is 9.59 Å². The molecule has 18 heavy (non-hydrogen) atoms. The first-order valence-corrected chi connectivity index (χ1v) is 5.62. The van der Waals surface area contributed by atoms with Gasteiger partial charge in [0, 0.05) is 5.56 Å². The third-order valence-electron chi connectivity index (χ3n) is 3.05. The molecule has 2 aromatic carbocycles. The van der Waals surface area contributed by atoms with Crippen molar-refractivity contribution in [2.24, 2.45) is 0 Å². The molecule has 0 amide bonds. The zero-order valence-electron chi connectivity index (χ0n) is 9.77. The highest BCUT2D eigenvalue weighted by atomic mass is 16.3. The summed E-state index contributed by atoms with van der Waals surface area (Å²) in [5.74, 6) is 0. The first-order chi connectivity index (χ1) is 8.70. The normalized spacial score (nSPS) is 10.9. The van der Waals surface area contributed by atoms with Crippen LogP contribution in [0.5, 0.6) is 0 Å². The average Bonchev–Trinajstić information content (AvgIpc) is 2.40. The third kappa shape index (κ3) is 1.44. The molecule has 0 aliphatic heterocycles. The molecule has 0 unspecified atom stereocenters. The fourth-order valence-corrected chi connectivity index (χ4v) is 2.11. The Morgan fingerprint density at radius 2 is 1.94 bits per heavy atom. The van der Waals surface area contributed by atoms with E-state index in [1.807, 2.05) is 19.1 Å². The zero-order valence-corrected chi connectivity index (χ0v) is 9.77. The Kier molecular flexibility index (Phi) is 2.27. The molecule has 0 aliphatic carbocycles. The van der Waals surface area contributed by atoms with Crippen LogP contribution < -0.4 is 5.43 Å². The van der Waals surface area contributed by atoms with Crippen molar-refractivity contribution in [3.05, 3.63) is 57.7 Å². The summed E-state index contributed by atoms with van der Waals surface area (Å²) < 4.78 is 5.74. The molecule has 0 atom stereocenters. The molecule has 0 fully saturated rings. The van der Waals surface area contributed by atoms with Crippen LogP contribution in [-0.2, 0) is 0 Å². The predicted molar refractivity (Wildman–Crippen MR) is 70.1 cm³/mol. The molecule has 0 saturated carbocycles. The minimum Gasteiger partial charge on any atom is -0.456 e. The van der Waals surface area contributed by atoms with Crippen LogP contribution in [0, 0.1) is 6.92 Å². The number of aryl methyl sites for hydroxylation is 1. The van der Waals surface area contributed by atoms with Gasteiger partial charge < -0.3 is 4.42 Å². The van der Waals surface area contributed by atoms with Crippen LogP contribution in [0.4, 0.5) is 0 Å². The molecule has 0 N–H and O–H groups in total. The summed E-state index contributed by atoms with van der Waals surface area (Å²) in [6.45, 7) is 1.89. The molecule has 88 valence electrons. The van der Waals surface area contributed by atoms with Crippen molar-refractivity contribution >= 4 is 28.2 Å². The van der Waals surface area contributed by atoms with Gasteiger partial charge in [-0.1, -0.05) is 18.2 Å². The Labute approximate surface area is 103 Å². The number of aldehydes is 1. The molecule has 0 bridgehead atoms. The molecule has 3 heteroatoms. The molecule has 0 saturated heterocycles. The fourth-order valence-electron chi connectivity index (χ4n) is 2.11. The lowest BCUT2D eigenvalue weighted by atomic mass is 10.1. The first-order valence-electron chi connectivity index (χ1n) is 5.62. The Morgan fingerprint density at radius 1 is 1.11 bits per heavy atom. The summed E-state index contributed by atoms with van der Waals surface area (Å²) in [6, 6.07) is 10.3. The maximum Gasteiger partial charge on any atom is 0.200 e. The summed E-state index contributed by atoms with van der Waals surface area (Å²) in [6.07, 6.45) is 0.738. The highest BCUT2D eigenvalue weighted by Gasteiger charge is 2.09. The fraction of sp³-hybridized carbons (Fsp3) is 0.0667. The standard InChI is InChI=1S/C15H10O3/c1-9-3-2-4-12-14(17)11-6-5-10(8-16)7-13(11)18-15(9)12/h2-8H,1H3. The molecule has 3 nitrogen and oxygen atoms in total. The van der Waals surface area contributed by atoms with E-state index in [2.05, 4.69) is 0 Å². The first kappa shape index (κ1) is 10.7. The number of carbonyl (C=O) groups excluding carboxylic acids is 1. The van der Waals surface area contributed by atoms with Gasteiger partial charge in [0.1, 0.15) is 17.5 Å².